The van der Waals surface area contributed by atoms with Crippen LogP contribution in [0.15, 0.2) is 0 Å². The molecular weight excluding hydrogens is 206 g/mol. The van der Waals surface area contributed by atoms with Crippen molar-refractivity contribution in [3.8, 4) is 0 Å². The minimum Gasteiger partial charge on any atom is -0.379 e. The number of rotatable bonds is 10. The second-order valence-corrected chi connectivity index (χ2v) is 3.87. The largest absolute Gasteiger partial charge is 0.379 e. The molecule has 0 radical (unpaired) electrons. The molecule has 0 aromatic carbocycles. The Labute approximate surface area is 98.5 Å². The number of carbonyl (C=O) groups is 1. The predicted octanol–water partition coefficient (Wildman–Crippen LogP) is -0.320. The number of amides is 1. The normalized spacial score (nSPS) is 10.8. The zero-order valence-corrected chi connectivity index (χ0v) is 10.7. The van der Waals surface area contributed by atoms with Crippen molar-refractivity contribution in [2.24, 2.45) is 0 Å². The molecular formula is C11H25N3O2. The average Bonchev–Trinajstić information content (AvgIpc) is 2.22. The van der Waals surface area contributed by atoms with Crippen LogP contribution < -0.4 is 10.6 Å². The van der Waals surface area contributed by atoms with E-state index >= 15 is 0 Å². The van der Waals surface area contributed by atoms with Gasteiger partial charge in [0.05, 0.1) is 13.2 Å². The first-order valence-electron chi connectivity index (χ1n) is 5.86. The molecule has 0 fully saturated rings. The zero-order valence-electron chi connectivity index (χ0n) is 10.7. The highest BCUT2D eigenvalue weighted by Gasteiger charge is 1.97. The monoisotopic (exact) mass is 231 g/mol. The summed E-state index contributed by atoms with van der Waals surface area (Å²) in [7, 11) is 4.04. The number of likely N-dealkylation sites (N-methyl/N-ethyl adjacent to an activating group) is 1. The van der Waals surface area contributed by atoms with Crippen molar-refractivity contribution in [2.75, 3.05) is 53.5 Å². The third-order valence-electron chi connectivity index (χ3n) is 2.01. The van der Waals surface area contributed by atoms with Crippen molar-refractivity contribution in [3.05, 3.63) is 0 Å². The van der Waals surface area contributed by atoms with Crippen LogP contribution in [0.1, 0.15) is 13.3 Å². The quantitative estimate of drug-likeness (QED) is 0.506. The summed E-state index contributed by atoms with van der Waals surface area (Å²) >= 11 is 0. The summed E-state index contributed by atoms with van der Waals surface area (Å²) in [5, 5.41) is 5.92. The van der Waals surface area contributed by atoms with Crippen LogP contribution in [0.4, 0.5) is 0 Å². The molecule has 2 N–H and O–H groups in total. The van der Waals surface area contributed by atoms with E-state index in [9.17, 15) is 4.79 Å². The van der Waals surface area contributed by atoms with Crippen molar-refractivity contribution in [3.63, 3.8) is 0 Å². The van der Waals surface area contributed by atoms with Crippen molar-refractivity contribution >= 4 is 5.91 Å². The minimum atomic E-state index is 0.100. The van der Waals surface area contributed by atoms with Crippen LogP contribution in [0.2, 0.25) is 0 Å². The Morgan fingerprint density at radius 3 is 2.62 bits per heavy atom. The summed E-state index contributed by atoms with van der Waals surface area (Å²) in [6.45, 7) is 6.53. The second kappa shape index (κ2) is 10.9. The number of ether oxygens (including phenoxy) is 1. The Bertz CT molecular complexity index is 175. The number of nitrogens with zero attached hydrogens (tertiary/aromatic N) is 1. The van der Waals surface area contributed by atoms with Gasteiger partial charge in [-0.15, -0.1) is 0 Å². The van der Waals surface area contributed by atoms with Gasteiger partial charge in [0.25, 0.3) is 0 Å². The first kappa shape index (κ1) is 15.3. The van der Waals surface area contributed by atoms with E-state index in [0.29, 0.717) is 26.1 Å². The van der Waals surface area contributed by atoms with Gasteiger partial charge in [-0.3, -0.25) is 4.79 Å². The van der Waals surface area contributed by atoms with Gasteiger partial charge < -0.3 is 20.3 Å². The molecule has 0 saturated carbocycles. The Balaban J connectivity index is 3.07. The number of hydrogen-bond acceptors (Lipinski definition) is 4. The van der Waals surface area contributed by atoms with E-state index in [0.717, 1.165) is 19.7 Å². The summed E-state index contributed by atoms with van der Waals surface area (Å²) in [6, 6.07) is 0. The van der Waals surface area contributed by atoms with E-state index in [1.165, 1.54) is 0 Å². The van der Waals surface area contributed by atoms with Crippen molar-refractivity contribution < 1.29 is 9.53 Å². The van der Waals surface area contributed by atoms with E-state index in [1.807, 2.05) is 21.0 Å². The summed E-state index contributed by atoms with van der Waals surface area (Å²) in [5.41, 5.74) is 0. The fourth-order valence-electron chi connectivity index (χ4n) is 1.11. The van der Waals surface area contributed by atoms with Crippen molar-refractivity contribution in [2.45, 2.75) is 13.3 Å². The average molecular weight is 231 g/mol. The van der Waals surface area contributed by atoms with Crippen LogP contribution in [0, 0.1) is 0 Å². The van der Waals surface area contributed by atoms with E-state index in [-0.39, 0.29) is 5.91 Å². The molecule has 0 unspecified atom stereocenters. The number of hydrogen-bond donors (Lipinski definition) is 2. The molecule has 0 atom stereocenters. The van der Waals surface area contributed by atoms with Gasteiger partial charge in [0.1, 0.15) is 0 Å². The summed E-state index contributed by atoms with van der Waals surface area (Å²) in [5.74, 6) is 0.100. The third kappa shape index (κ3) is 11.4. The summed E-state index contributed by atoms with van der Waals surface area (Å²) in [6.07, 6.45) is 0.533. The third-order valence-corrected chi connectivity index (χ3v) is 2.01. The molecule has 0 bridgehead atoms. The predicted molar refractivity (Wildman–Crippen MR) is 65.5 cm³/mol. The molecule has 0 aliphatic carbocycles. The molecule has 0 aromatic heterocycles. The second-order valence-electron chi connectivity index (χ2n) is 3.87. The summed E-state index contributed by atoms with van der Waals surface area (Å²) in [4.78, 5) is 13.2. The van der Waals surface area contributed by atoms with E-state index < -0.39 is 0 Å². The SMILES string of the molecule is CCNC(=O)CCNCCOCCN(C)C. The van der Waals surface area contributed by atoms with Crippen LogP contribution in [-0.4, -0.2) is 64.3 Å². The Morgan fingerprint density at radius 2 is 2.00 bits per heavy atom. The lowest BCUT2D eigenvalue weighted by Crippen LogP contribution is -2.29. The maximum Gasteiger partial charge on any atom is 0.221 e. The van der Waals surface area contributed by atoms with Crippen LogP contribution in [0.5, 0.6) is 0 Å². The first-order valence-corrected chi connectivity index (χ1v) is 5.86. The Morgan fingerprint density at radius 1 is 1.25 bits per heavy atom. The lowest BCUT2D eigenvalue weighted by atomic mass is 10.4. The number of nitrogens with one attached hydrogen (secondary N) is 2. The highest BCUT2D eigenvalue weighted by molar-refractivity contribution is 5.75. The molecule has 0 aliphatic heterocycles. The fourth-order valence-corrected chi connectivity index (χ4v) is 1.11. The highest BCUT2D eigenvalue weighted by Crippen LogP contribution is 1.79. The maximum atomic E-state index is 11.1. The molecule has 0 heterocycles. The molecule has 16 heavy (non-hydrogen) atoms. The first-order chi connectivity index (χ1) is 7.66. The molecule has 5 heteroatoms. The van der Waals surface area contributed by atoms with Crippen LogP contribution in [-0.2, 0) is 9.53 Å². The molecule has 0 aliphatic rings. The smallest absolute Gasteiger partial charge is 0.221 e. The standard InChI is InChI=1S/C11H25N3O2/c1-4-13-11(15)5-6-12-7-9-16-10-8-14(2)3/h12H,4-10H2,1-3H3,(H,13,15). The van der Waals surface area contributed by atoms with Crippen LogP contribution >= 0.6 is 0 Å². The van der Waals surface area contributed by atoms with Gasteiger partial charge in [-0.05, 0) is 21.0 Å². The van der Waals surface area contributed by atoms with Crippen molar-refractivity contribution in [1.29, 1.82) is 0 Å². The van der Waals surface area contributed by atoms with Gasteiger partial charge in [0, 0.05) is 32.6 Å². The molecule has 0 rings (SSSR count). The van der Waals surface area contributed by atoms with E-state index in [1.54, 1.807) is 0 Å². The van der Waals surface area contributed by atoms with E-state index in [2.05, 4.69) is 15.5 Å². The maximum absolute atomic E-state index is 11.1. The van der Waals surface area contributed by atoms with Crippen molar-refractivity contribution in [1.82, 2.24) is 15.5 Å². The highest BCUT2D eigenvalue weighted by atomic mass is 16.5. The molecule has 1 amide bonds. The number of carbonyl (C=O) groups excluding carboxylic acids is 1. The molecule has 0 aromatic rings. The molecule has 0 spiro atoms. The summed E-state index contributed by atoms with van der Waals surface area (Å²) < 4.78 is 5.39. The molecule has 5 nitrogen and oxygen atoms in total. The van der Waals surface area contributed by atoms with Gasteiger partial charge in [-0.2, -0.15) is 0 Å². The van der Waals surface area contributed by atoms with Crippen LogP contribution in [0.3, 0.4) is 0 Å². The van der Waals surface area contributed by atoms with Gasteiger partial charge in [0.15, 0.2) is 0 Å². The molecule has 96 valence electrons. The van der Waals surface area contributed by atoms with Crippen LogP contribution in [0.25, 0.3) is 0 Å². The van der Waals surface area contributed by atoms with Gasteiger partial charge in [-0.25, -0.2) is 0 Å². The Kier molecular flexibility index (Phi) is 10.4. The van der Waals surface area contributed by atoms with Gasteiger partial charge >= 0.3 is 0 Å². The molecule has 0 saturated heterocycles. The fraction of sp³-hybridized carbons (Fsp3) is 0.909. The Hall–Kier alpha value is -0.650. The zero-order chi connectivity index (χ0) is 12.2. The minimum absolute atomic E-state index is 0.100. The lowest BCUT2D eigenvalue weighted by Gasteiger charge is -2.10. The van der Waals surface area contributed by atoms with Gasteiger partial charge in [-0.1, -0.05) is 0 Å². The topological polar surface area (TPSA) is 53.6 Å². The van der Waals surface area contributed by atoms with E-state index in [4.69, 9.17) is 4.74 Å². The van der Waals surface area contributed by atoms with Gasteiger partial charge in [0.2, 0.25) is 5.91 Å². The lowest BCUT2D eigenvalue weighted by molar-refractivity contribution is -0.120.